The average Bonchev–Trinajstić information content (AvgIpc) is 3.36. The highest BCUT2D eigenvalue weighted by Crippen LogP contribution is 2.33. The molecule has 0 saturated carbocycles. The van der Waals surface area contributed by atoms with Gasteiger partial charge >= 0.3 is 0 Å². The van der Waals surface area contributed by atoms with Gasteiger partial charge in [0, 0.05) is 12.1 Å². The Labute approximate surface area is 152 Å². The van der Waals surface area contributed by atoms with Gasteiger partial charge in [0.05, 0.1) is 12.3 Å². The van der Waals surface area contributed by atoms with Crippen molar-refractivity contribution in [3.8, 4) is 11.5 Å². The first kappa shape index (κ1) is 16.2. The van der Waals surface area contributed by atoms with Crippen LogP contribution in [-0.2, 0) is 0 Å². The van der Waals surface area contributed by atoms with E-state index in [-0.39, 0.29) is 6.79 Å². The molecule has 6 heteroatoms. The van der Waals surface area contributed by atoms with E-state index in [0.717, 1.165) is 47.0 Å². The normalized spacial score (nSPS) is 16.3. The van der Waals surface area contributed by atoms with Crippen molar-refractivity contribution in [1.82, 2.24) is 10.7 Å². The van der Waals surface area contributed by atoms with Crippen LogP contribution in [0.15, 0.2) is 58.6 Å². The lowest BCUT2D eigenvalue weighted by Crippen LogP contribution is -2.30. The SMILES string of the molecule is CC(=N\NC1=NCCN1)/C(=C\c1ccc2c(c1)OCO2)c1ccccc1. The molecule has 0 saturated heterocycles. The molecule has 2 N–H and O–H groups in total. The minimum Gasteiger partial charge on any atom is -0.454 e. The van der Waals surface area contributed by atoms with Crippen molar-refractivity contribution < 1.29 is 9.47 Å². The summed E-state index contributed by atoms with van der Waals surface area (Å²) in [4.78, 5) is 4.30. The summed E-state index contributed by atoms with van der Waals surface area (Å²) in [5.41, 5.74) is 7.01. The van der Waals surface area contributed by atoms with E-state index in [2.05, 4.69) is 39.0 Å². The molecule has 0 aromatic heterocycles. The predicted octanol–water partition coefficient (Wildman–Crippen LogP) is 2.88. The summed E-state index contributed by atoms with van der Waals surface area (Å²) in [6, 6.07) is 16.1. The number of benzene rings is 2. The number of allylic oxidation sites excluding steroid dienone is 1. The van der Waals surface area contributed by atoms with Crippen molar-refractivity contribution in [3.05, 3.63) is 59.7 Å². The number of hydrogen-bond donors (Lipinski definition) is 2. The quantitative estimate of drug-likeness (QED) is 0.506. The van der Waals surface area contributed by atoms with E-state index in [1.165, 1.54) is 0 Å². The molecule has 2 aliphatic heterocycles. The Hall–Kier alpha value is -3.28. The third-order valence-corrected chi connectivity index (χ3v) is 4.19. The molecular formula is C20H20N4O2. The average molecular weight is 348 g/mol. The highest BCUT2D eigenvalue weighted by molar-refractivity contribution is 6.27. The Morgan fingerprint density at radius 3 is 2.81 bits per heavy atom. The van der Waals surface area contributed by atoms with Gasteiger partial charge in [-0.05, 0) is 36.3 Å². The molecule has 0 unspecified atom stereocenters. The molecule has 0 radical (unpaired) electrons. The van der Waals surface area contributed by atoms with Crippen molar-refractivity contribution >= 4 is 23.3 Å². The smallest absolute Gasteiger partial charge is 0.231 e. The number of guanidine groups is 1. The molecule has 0 amide bonds. The Kier molecular flexibility index (Phi) is 4.55. The van der Waals surface area contributed by atoms with Crippen molar-refractivity contribution in [1.29, 1.82) is 0 Å². The maximum Gasteiger partial charge on any atom is 0.231 e. The lowest BCUT2D eigenvalue weighted by Gasteiger charge is -2.10. The monoisotopic (exact) mass is 348 g/mol. The predicted molar refractivity (Wildman–Crippen MR) is 103 cm³/mol. The van der Waals surface area contributed by atoms with Gasteiger partial charge in [-0.1, -0.05) is 36.4 Å². The Morgan fingerprint density at radius 2 is 2.00 bits per heavy atom. The first-order valence-electron chi connectivity index (χ1n) is 8.55. The van der Waals surface area contributed by atoms with Gasteiger partial charge in [-0.15, -0.1) is 0 Å². The third-order valence-electron chi connectivity index (χ3n) is 4.19. The molecular weight excluding hydrogens is 328 g/mol. The number of nitrogens with one attached hydrogen (secondary N) is 2. The van der Waals surface area contributed by atoms with Crippen LogP contribution >= 0.6 is 0 Å². The molecule has 0 fully saturated rings. The molecule has 0 bridgehead atoms. The number of rotatable bonds is 4. The largest absolute Gasteiger partial charge is 0.454 e. The maximum atomic E-state index is 5.48. The van der Waals surface area contributed by atoms with E-state index in [9.17, 15) is 0 Å². The zero-order chi connectivity index (χ0) is 17.8. The van der Waals surface area contributed by atoms with Gasteiger partial charge in [0.25, 0.3) is 0 Å². The van der Waals surface area contributed by atoms with Crippen LogP contribution in [0.25, 0.3) is 11.6 Å². The molecule has 0 spiro atoms. The van der Waals surface area contributed by atoms with Crippen LogP contribution in [0.5, 0.6) is 11.5 Å². The van der Waals surface area contributed by atoms with Gasteiger partial charge in [-0.3, -0.25) is 0 Å². The van der Waals surface area contributed by atoms with E-state index < -0.39 is 0 Å². The zero-order valence-electron chi connectivity index (χ0n) is 14.5. The van der Waals surface area contributed by atoms with Crippen LogP contribution in [0.1, 0.15) is 18.1 Å². The van der Waals surface area contributed by atoms with Crippen LogP contribution < -0.4 is 20.2 Å². The zero-order valence-corrected chi connectivity index (χ0v) is 14.5. The topological polar surface area (TPSA) is 67.2 Å². The van der Waals surface area contributed by atoms with Crippen molar-refractivity contribution in [3.63, 3.8) is 0 Å². The van der Waals surface area contributed by atoms with E-state index in [0.29, 0.717) is 5.96 Å². The summed E-state index contributed by atoms with van der Waals surface area (Å²) in [5, 5.41) is 7.65. The van der Waals surface area contributed by atoms with Gasteiger partial charge < -0.3 is 14.8 Å². The molecule has 2 aromatic rings. The summed E-state index contributed by atoms with van der Waals surface area (Å²) in [6.45, 7) is 3.87. The molecule has 2 aliphatic rings. The summed E-state index contributed by atoms with van der Waals surface area (Å²) in [6.07, 6.45) is 2.10. The fraction of sp³-hybridized carbons (Fsp3) is 0.200. The summed E-state index contributed by atoms with van der Waals surface area (Å²) >= 11 is 0. The molecule has 6 nitrogen and oxygen atoms in total. The number of hydrogen-bond acceptors (Lipinski definition) is 6. The Bertz CT molecular complexity index is 888. The van der Waals surface area contributed by atoms with E-state index in [1.807, 2.05) is 43.3 Å². The lowest BCUT2D eigenvalue weighted by molar-refractivity contribution is 0.174. The standard InChI is InChI=1S/C20H20N4O2/c1-14(23-24-20-21-9-10-22-20)17(16-5-3-2-4-6-16)11-15-7-8-18-19(12-15)26-13-25-18/h2-8,11-12H,9-10,13H2,1H3,(H2,21,22,24)/b17-11+,23-14+. The van der Waals surface area contributed by atoms with Crippen LogP contribution in [-0.4, -0.2) is 31.6 Å². The number of ether oxygens (including phenoxy) is 2. The fourth-order valence-electron chi connectivity index (χ4n) is 2.85. The molecule has 2 heterocycles. The van der Waals surface area contributed by atoms with Crippen LogP contribution in [0.2, 0.25) is 0 Å². The molecule has 0 atom stereocenters. The Morgan fingerprint density at radius 1 is 1.15 bits per heavy atom. The summed E-state index contributed by atoms with van der Waals surface area (Å²) < 4.78 is 10.9. The van der Waals surface area contributed by atoms with Crippen LogP contribution in [0, 0.1) is 0 Å². The molecule has 132 valence electrons. The fourth-order valence-corrected chi connectivity index (χ4v) is 2.85. The second kappa shape index (κ2) is 7.31. The second-order valence-electron chi connectivity index (χ2n) is 6.00. The van der Waals surface area contributed by atoms with Crippen LogP contribution in [0.4, 0.5) is 0 Å². The second-order valence-corrected chi connectivity index (χ2v) is 6.00. The van der Waals surface area contributed by atoms with Gasteiger partial charge in [0.1, 0.15) is 0 Å². The summed E-state index contributed by atoms with van der Waals surface area (Å²) in [7, 11) is 0. The third kappa shape index (κ3) is 3.54. The van der Waals surface area contributed by atoms with Crippen molar-refractivity contribution in [2.45, 2.75) is 6.92 Å². The van der Waals surface area contributed by atoms with Crippen LogP contribution in [0.3, 0.4) is 0 Å². The highest BCUT2D eigenvalue weighted by atomic mass is 16.7. The highest BCUT2D eigenvalue weighted by Gasteiger charge is 2.14. The Balaban J connectivity index is 1.67. The van der Waals surface area contributed by atoms with Crippen molar-refractivity contribution in [2.24, 2.45) is 10.1 Å². The molecule has 0 aliphatic carbocycles. The number of hydrazone groups is 1. The number of nitrogens with zero attached hydrogens (tertiary/aromatic N) is 2. The minimum absolute atomic E-state index is 0.271. The molecule has 26 heavy (non-hydrogen) atoms. The first-order chi connectivity index (χ1) is 12.8. The number of fused-ring (bicyclic) bond motifs is 1. The lowest BCUT2D eigenvalue weighted by atomic mass is 9.99. The van der Waals surface area contributed by atoms with Gasteiger partial charge in [0.2, 0.25) is 12.8 Å². The molecule has 4 rings (SSSR count). The van der Waals surface area contributed by atoms with E-state index in [4.69, 9.17) is 9.47 Å². The van der Waals surface area contributed by atoms with E-state index >= 15 is 0 Å². The number of aliphatic imine (C=N–C) groups is 1. The van der Waals surface area contributed by atoms with Gasteiger partial charge in [0.15, 0.2) is 11.5 Å². The molecule has 2 aromatic carbocycles. The maximum absolute atomic E-state index is 5.48. The first-order valence-corrected chi connectivity index (χ1v) is 8.55. The van der Waals surface area contributed by atoms with E-state index in [1.54, 1.807) is 0 Å². The van der Waals surface area contributed by atoms with Crippen molar-refractivity contribution in [2.75, 3.05) is 19.9 Å². The van der Waals surface area contributed by atoms with Gasteiger partial charge in [-0.25, -0.2) is 10.4 Å². The summed E-state index contributed by atoms with van der Waals surface area (Å²) in [5.74, 6) is 2.25. The minimum atomic E-state index is 0.271. The van der Waals surface area contributed by atoms with Gasteiger partial charge in [-0.2, -0.15) is 5.10 Å².